The summed E-state index contributed by atoms with van der Waals surface area (Å²) in [6.45, 7) is 10.4. The minimum absolute atomic E-state index is 0.478. The van der Waals surface area contributed by atoms with Crippen LogP contribution < -0.4 is 5.73 Å². The van der Waals surface area contributed by atoms with Crippen LogP contribution in [0.3, 0.4) is 0 Å². The van der Waals surface area contributed by atoms with Crippen molar-refractivity contribution in [2.45, 2.75) is 72.6 Å². The first-order valence-electron chi connectivity index (χ1n) is 7.17. The normalized spacial score (nSPS) is 23.6. The summed E-state index contributed by atoms with van der Waals surface area (Å²) in [6, 6.07) is 0. The topological polar surface area (TPSA) is 26.0 Å². The van der Waals surface area contributed by atoms with Crippen LogP contribution in [0, 0.1) is 16.7 Å². The van der Waals surface area contributed by atoms with Crippen LogP contribution in [0.4, 0.5) is 0 Å². The first kappa shape index (κ1) is 14.0. The highest BCUT2D eigenvalue weighted by Gasteiger charge is 2.38. The van der Waals surface area contributed by atoms with Crippen LogP contribution in [0.15, 0.2) is 0 Å². The third-order valence-corrected chi connectivity index (χ3v) is 4.97. The van der Waals surface area contributed by atoms with Gasteiger partial charge in [0.15, 0.2) is 0 Å². The van der Waals surface area contributed by atoms with E-state index in [-0.39, 0.29) is 0 Å². The second-order valence-electron chi connectivity index (χ2n) is 6.75. The molecular formula is C15H31N. The Hall–Kier alpha value is -0.0400. The van der Waals surface area contributed by atoms with Crippen LogP contribution in [0.2, 0.25) is 0 Å². The van der Waals surface area contributed by atoms with Crippen molar-refractivity contribution in [2.75, 3.05) is 6.54 Å². The smallest absolute Gasteiger partial charge is 0.00204 e. The van der Waals surface area contributed by atoms with E-state index in [1.54, 1.807) is 0 Å². The summed E-state index contributed by atoms with van der Waals surface area (Å²) in [5, 5.41) is 0. The van der Waals surface area contributed by atoms with Crippen molar-refractivity contribution in [1.29, 1.82) is 0 Å². The van der Waals surface area contributed by atoms with E-state index in [2.05, 4.69) is 27.7 Å². The average Bonchev–Trinajstić information content (AvgIpc) is 2.29. The summed E-state index contributed by atoms with van der Waals surface area (Å²) in [7, 11) is 0. The molecule has 0 aromatic heterocycles. The Bertz CT molecular complexity index is 193. The monoisotopic (exact) mass is 225 g/mol. The van der Waals surface area contributed by atoms with Gasteiger partial charge in [-0.25, -0.2) is 0 Å². The molecule has 1 fully saturated rings. The Labute approximate surface area is 102 Å². The molecule has 1 saturated carbocycles. The van der Waals surface area contributed by atoms with Gasteiger partial charge in [-0.15, -0.1) is 0 Å². The Kier molecular flexibility index (Phi) is 4.85. The highest BCUT2D eigenvalue weighted by molar-refractivity contribution is 4.90. The molecule has 1 nitrogen and oxygen atoms in total. The average molecular weight is 225 g/mol. The molecule has 1 rings (SSSR count). The van der Waals surface area contributed by atoms with Crippen LogP contribution in [0.5, 0.6) is 0 Å². The zero-order valence-electron chi connectivity index (χ0n) is 11.8. The molecule has 16 heavy (non-hydrogen) atoms. The van der Waals surface area contributed by atoms with Crippen molar-refractivity contribution < 1.29 is 0 Å². The molecule has 96 valence electrons. The molecule has 0 radical (unpaired) electrons. The van der Waals surface area contributed by atoms with Crippen molar-refractivity contribution in [3.05, 3.63) is 0 Å². The van der Waals surface area contributed by atoms with Gasteiger partial charge in [0.25, 0.3) is 0 Å². The summed E-state index contributed by atoms with van der Waals surface area (Å²) in [5.74, 6) is 0.893. The molecule has 0 aliphatic heterocycles. The van der Waals surface area contributed by atoms with Gasteiger partial charge in [-0.05, 0) is 55.4 Å². The fraction of sp³-hybridized carbons (Fsp3) is 1.00. The largest absolute Gasteiger partial charge is 0.330 e. The van der Waals surface area contributed by atoms with Crippen molar-refractivity contribution in [1.82, 2.24) is 0 Å². The molecule has 0 bridgehead atoms. The second-order valence-corrected chi connectivity index (χ2v) is 6.75. The van der Waals surface area contributed by atoms with Gasteiger partial charge >= 0.3 is 0 Å². The molecule has 0 amide bonds. The third kappa shape index (κ3) is 3.48. The molecular weight excluding hydrogens is 194 g/mol. The molecule has 0 heterocycles. The standard InChI is InChI=1S/C15H31N/c1-5-13(6-2)11-15(12-16)9-7-14(3,4)8-10-15/h13H,5-12,16H2,1-4H3. The van der Waals surface area contributed by atoms with E-state index in [9.17, 15) is 0 Å². The Morgan fingerprint density at radius 3 is 1.88 bits per heavy atom. The third-order valence-electron chi connectivity index (χ3n) is 4.97. The van der Waals surface area contributed by atoms with E-state index in [0.29, 0.717) is 10.8 Å². The number of rotatable bonds is 5. The van der Waals surface area contributed by atoms with Crippen LogP contribution in [0.25, 0.3) is 0 Å². The zero-order valence-corrected chi connectivity index (χ0v) is 11.8. The van der Waals surface area contributed by atoms with E-state index in [0.717, 1.165) is 12.5 Å². The van der Waals surface area contributed by atoms with E-state index in [4.69, 9.17) is 5.73 Å². The number of nitrogens with two attached hydrogens (primary N) is 1. The van der Waals surface area contributed by atoms with Crippen molar-refractivity contribution in [3.63, 3.8) is 0 Å². The van der Waals surface area contributed by atoms with Crippen LogP contribution in [-0.4, -0.2) is 6.54 Å². The summed E-state index contributed by atoms with van der Waals surface area (Å²) in [6.07, 6.45) is 9.45. The molecule has 0 aromatic rings. The first-order valence-corrected chi connectivity index (χ1v) is 7.17. The summed E-state index contributed by atoms with van der Waals surface area (Å²) >= 11 is 0. The van der Waals surface area contributed by atoms with E-state index < -0.39 is 0 Å². The Balaban J connectivity index is 2.58. The quantitative estimate of drug-likeness (QED) is 0.739. The molecule has 0 unspecified atom stereocenters. The maximum absolute atomic E-state index is 6.08. The summed E-state index contributed by atoms with van der Waals surface area (Å²) < 4.78 is 0. The molecule has 0 saturated heterocycles. The maximum Gasteiger partial charge on any atom is -0.00204 e. The zero-order chi connectivity index (χ0) is 12.2. The van der Waals surface area contributed by atoms with Gasteiger partial charge in [0.2, 0.25) is 0 Å². The fourth-order valence-electron chi connectivity index (χ4n) is 3.14. The lowest BCUT2D eigenvalue weighted by molar-refractivity contribution is 0.0808. The Morgan fingerprint density at radius 2 is 1.50 bits per heavy atom. The molecule has 2 N–H and O–H groups in total. The lowest BCUT2D eigenvalue weighted by atomic mass is 9.62. The van der Waals surface area contributed by atoms with Crippen LogP contribution in [0.1, 0.15) is 72.6 Å². The van der Waals surface area contributed by atoms with Gasteiger partial charge in [0.05, 0.1) is 0 Å². The van der Waals surface area contributed by atoms with E-state index in [1.807, 2.05) is 0 Å². The molecule has 1 aliphatic carbocycles. The predicted molar refractivity (Wildman–Crippen MR) is 72.4 cm³/mol. The number of hydrogen-bond donors (Lipinski definition) is 1. The van der Waals surface area contributed by atoms with Gasteiger partial charge in [-0.2, -0.15) is 0 Å². The van der Waals surface area contributed by atoms with Crippen molar-refractivity contribution in [2.24, 2.45) is 22.5 Å². The van der Waals surface area contributed by atoms with Crippen LogP contribution >= 0.6 is 0 Å². The molecule has 1 aliphatic rings. The van der Waals surface area contributed by atoms with Crippen molar-refractivity contribution in [3.8, 4) is 0 Å². The highest BCUT2D eigenvalue weighted by atomic mass is 14.6. The van der Waals surface area contributed by atoms with Gasteiger partial charge in [0, 0.05) is 0 Å². The van der Waals surface area contributed by atoms with Gasteiger partial charge in [0.1, 0.15) is 0 Å². The lowest BCUT2D eigenvalue weighted by Crippen LogP contribution is -2.38. The summed E-state index contributed by atoms with van der Waals surface area (Å²) in [5.41, 5.74) is 7.12. The SMILES string of the molecule is CCC(CC)CC1(CN)CCC(C)(C)CC1. The van der Waals surface area contributed by atoms with Crippen molar-refractivity contribution >= 4 is 0 Å². The van der Waals surface area contributed by atoms with Gasteiger partial charge < -0.3 is 5.73 Å². The minimum atomic E-state index is 0.478. The van der Waals surface area contributed by atoms with E-state index in [1.165, 1.54) is 44.9 Å². The van der Waals surface area contributed by atoms with E-state index >= 15 is 0 Å². The number of hydrogen-bond acceptors (Lipinski definition) is 1. The minimum Gasteiger partial charge on any atom is -0.330 e. The van der Waals surface area contributed by atoms with Gasteiger partial charge in [-0.3, -0.25) is 0 Å². The molecule has 0 aromatic carbocycles. The molecule has 0 atom stereocenters. The molecule has 1 heteroatoms. The fourth-order valence-corrected chi connectivity index (χ4v) is 3.14. The first-order chi connectivity index (χ1) is 7.47. The predicted octanol–water partition coefficient (Wildman–Crippen LogP) is 4.36. The van der Waals surface area contributed by atoms with Crippen LogP contribution in [-0.2, 0) is 0 Å². The van der Waals surface area contributed by atoms with Gasteiger partial charge in [-0.1, -0.05) is 40.5 Å². The summed E-state index contributed by atoms with van der Waals surface area (Å²) in [4.78, 5) is 0. The highest BCUT2D eigenvalue weighted by Crippen LogP contribution is 2.48. The lowest BCUT2D eigenvalue weighted by Gasteiger charge is -2.44. The molecule has 0 spiro atoms. The Morgan fingerprint density at radius 1 is 1.00 bits per heavy atom. The second kappa shape index (κ2) is 5.53. The maximum atomic E-state index is 6.08.